The number of hydrogen-bond donors (Lipinski definition) is 2. The van der Waals surface area contributed by atoms with Gasteiger partial charge in [0.25, 0.3) is 0 Å². The van der Waals surface area contributed by atoms with E-state index in [0.717, 1.165) is 30.4 Å². The number of esters is 2. The molecule has 7 atom stereocenters. The zero-order valence-corrected chi connectivity index (χ0v) is 21.8. The fraction of sp³-hybridized carbons (Fsp3) is 0.655. The van der Waals surface area contributed by atoms with Crippen LogP contribution in [0.15, 0.2) is 41.5 Å². The lowest BCUT2D eigenvalue weighted by atomic mass is 9.45. The molecule has 1 aromatic carbocycles. The number of epoxide rings is 1. The van der Waals surface area contributed by atoms with Crippen LogP contribution in [0.5, 0.6) is 0 Å². The van der Waals surface area contributed by atoms with Crippen LogP contribution in [0.1, 0.15) is 58.4 Å². The van der Waals surface area contributed by atoms with Crippen molar-refractivity contribution in [3.8, 4) is 0 Å². The highest BCUT2D eigenvalue weighted by Gasteiger charge is 2.84. The maximum Gasteiger partial charge on any atom is 0.334 e. The number of aliphatic hydroxyl groups is 1. The number of aryl methyl sites for hydroxylation is 1. The highest BCUT2D eigenvalue weighted by atomic mass is 16.6. The summed E-state index contributed by atoms with van der Waals surface area (Å²) in [5.74, 6) is -0.273. The molecule has 196 valence electrons. The zero-order valence-electron chi connectivity index (χ0n) is 21.8. The van der Waals surface area contributed by atoms with Gasteiger partial charge in [-0.15, -0.1) is 0 Å². The number of rotatable bonds is 3. The number of carbonyl (C=O) groups excluding carboxylic acids is 2. The monoisotopic (exact) mass is 497 g/mol. The maximum absolute atomic E-state index is 12.2. The standard InChI is InChI=1S/C22H31NO6.C7H8/c1-11(2)13-8-16-22(29-16)20(3)6-4-12-14(10-27-19(12)25)15(20)5-7-21(22,26)18(13)28-17(24)9-23;1-7-5-3-2-4-6-7/h11,13,15-16,18,26H,4-10,23H2,1-3H3;2-6H,1H3/t13?,15?,16-,18+,20-,21+,22+;/m0./s1. The summed E-state index contributed by atoms with van der Waals surface area (Å²) in [5, 5.41) is 12.2. The topological polar surface area (TPSA) is 111 Å². The van der Waals surface area contributed by atoms with Gasteiger partial charge in [-0.05, 0) is 56.4 Å². The lowest BCUT2D eigenvalue weighted by Gasteiger charge is -2.60. The highest BCUT2D eigenvalue weighted by Crippen LogP contribution is 2.73. The highest BCUT2D eigenvalue weighted by molar-refractivity contribution is 5.92. The number of hydrogen-bond acceptors (Lipinski definition) is 7. The normalized spacial score (nSPS) is 40.1. The Balaban J connectivity index is 0.000000330. The van der Waals surface area contributed by atoms with Crippen LogP contribution >= 0.6 is 0 Å². The molecule has 2 aliphatic heterocycles. The van der Waals surface area contributed by atoms with Crippen molar-refractivity contribution < 1.29 is 28.9 Å². The number of cyclic esters (lactones) is 1. The molecule has 7 nitrogen and oxygen atoms in total. The third-order valence-electron chi connectivity index (χ3n) is 9.67. The Hall–Kier alpha value is -2.22. The third-order valence-corrected chi connectivity index (χ3v) is 9.67. The van der Waals surface area contributed by atoms with Gasteiger partial charge in [-0.2, -0.15) is 0 Å². The molecule has 0 radical (unpaired) electrons. The molecule has 6 rings (SSSR count). The fourth-order valence-electron chi connectivity index (χ4n) is 7.84. The summed E-state index contributed by atoms with van der Waals surface area (Å²) in [6.07, 6.45) is 2.67. The molecular weight excluding hydrogens is 458 g/mol. The molecule has 5 aliphatic rings. The molecule has 36 heavy (non-hydrogen) atoms. The van der Waals surface area contributed by atoms with Gasteiger partial charge in [-0.3, -0.25) is 4.79 Å². The summed E-state index contributed by atoms with van der Waals surface area (Å²) in [6.45, 7) is 8.61. The van der Waals surface area contributed by atoms with E-state index in [4.69, 9.17) is 19.9 Å². The van der Waals surface area contributed by atoms with E-state index in [1.54, 1.807) is 0 Å². The van der Waals surface area contributed by atoms with Gasteiger partial charge in [0.1, 0.15) is 23.9 Å². The van der Waals surface area contributed by atoms with Crippen LogP contribution in [0.3, 0.4) is 0 Å². The molecule has 1 spiro atoms. The average Bonchev–Trinajstić information content (AvgIpc) is 3.50. The largest absolute Gasteiger partial charge is 0.458 e. The molecule has 2 heterocycles. The molecule has 2 saturated carbocycles. The van der Waals surface area contributed by atoms with Gasteiger partial charge in [0.05, 0.1) is 12.6 Å². The quantitative estimate of drug-likeness (QED) is 0.486. The van der Waals surface area contributed by atoms with Crippen LogP contribution in [-0.2, 0) is 23.8 Å². The molecule has 2 unspecified atom stereocenters. The first-order valence-electron chi connectivity index (χ1n) is 13.3. The van der Waals surface area contributed by atoms with E-state index in [-0.39, 0.29) is 41.8 Å². The van der Waals surface area contributed by atoms with Crippen molar-refractivity contribution >= 4 is 11.9 Å². The van der Waals surface area contributed by atoms with Gasteiger partial charge in [0.15, 0.2) is 0 Å². The molecule has 3 fully saturated rings. The van der Waals surface area contributed by atoms with Crippen molar-refractivity contribution in [2.75, 3.05) is 13.2 Å². The van der Waals surface area contributed by atoms with Gasteiger partial charge in [0.2, 0.25) is 0 Å². The molecule has 7 heteroatoms. The first kappa shape index (κ1) is 25.4. The first-order chi connectivity index (χ1) is 17.1. The lowest BCUT2D eigenvalue weighted by Crippen LogP contribution is -2.72. The lowest BCUT2D eigenvalue weighted by molar-refractivity contribution is -0.231. The Morgan fingerprint density at radius 2 is 1.97 bits per heavy atom. The van der Waals surface area contributed by atoms with Crippen molar-refractivity contribution in [3.05, 3.63) is 47.0 Å². The maximum atomic E-state index is 12.2. The zero-order chi connectivity index (χ0) is 25.9. The molecule has 0 aromatic heterocycles. The van der Waals surface area contributed by atoms with Crippen LogP contribution in [0.25, 0.3) is 0 Å². The Labute approximate surface area is 213 Å². The number of nitrogens with two attached hydrogens (primary N) is 1. The second-order valence-corrected chi connectivity index (χ2v) is 11.8. The van der Waals surface area contributed by atoms with Crippen LogP contribution < -0.4 is 5.73 Å². The molecule has 3 aliphatic carbocycles. The van der Waals surface area contributed by atoms with Crippen molar-refractivity contribution in [1.82, 2.24) is 0 Å². The summed E-state index contributed by atoms with van der Waals surface area (Å²) in [5.41, 5.74) is 6.45. The van der Waals surface area contributed by atoms with Crippen molar-refractivity contribution in [2.45, 2.75) is 83.2 Å². The number of fused-ring (bicyclic) bond motifs is 2. The van der Waals surface area contributed by atoms with Crippen LogP contribution in [0.2, 0.25) is 0 Å². The summed E-state index contributed by atoms with van der Waals surface area (Å²) >= 11 is 0. The molecule has 1 saturated heterocycles. The van der Waals surface area contributed by atoms with E-state index in [9.17, 15) is 14.7 Å². The van der Waals surface area contributed by atoms with Gasteiger partial charge in [-0.25, -0.2) is 4.79 Å². The predicted molar refractivity (Wildman–Crippen MR) is 134 cm³/mol. The SMILES string of the molecule is CC(C)C1C[C@@H]2O[C@@]23[C@@]2(C)CCC4=C(COC4=O)C2CC[C@@]3(O)[C@@H]1OC(=O)CN.Cc1ccccc1. The Kier molecular flexibility index (Phi) is 6.33. The fourth-order valence-corrected chi connectivity index (χ4v) is 7.84. The number of carbonyl (C=O) groups is 2. The molecule has 3 N–H and O–H groups in total. The van der Waals surface area contributed by atoms with Crippen molar-refractivity contribution in [1.29, 1.82) is 0 Å². The number of ether oxygens (including phenoxy) is 3. The summed E-state index contributed by atoms with van der Waals surface area (Å²) in [4.78, 5) is 24.3. The van der Waals surface area contributed by atoms with Crippen molar-refractivity contribution in [2.24, 2.45) is 28.9 Å². The van der Waals surface area contributed by atoms with E-state index in [2.05, 4.69) is 39.8 Å². The Morgan fingerprint density at radius 3 is 2.58 bits per heavy atom. The van der Waals surface area contributed by atoms with E-state index < -0.39 is 23.3 Å². The molecule has 0 bridgehead atoms. The Bertz CT molecular complexity index is 1070. The molecule has 0 amide bonds. The minimum Gasteiger partial charge on any atom is -0.458 e. The summed E-state index contributed by atoms with van der Waals surface area (Å²) in [7, 11) is 0. The molecule has 1 aromatic rings. The summed E-state index contributed by atoms with van der Waals surface area (Å²) in [6, 6.07) is 10.3. The molecular formula is C29H39NO6. The smallest absolute Gasteiger partial charge is 0.334 e. The van der Waals surface area contributed by atoms with Gasteiger partial charge < -0.3 is 25.1 Å². The van der Waals surface area contributed by atoms with E-state index in [1.165, 1.54) is 5.56 Å². The van der Waals surface area contributed by atoms with Crippen molar-refractivity contribution in [3.63, 3.8) is 0 Å². The first-order valence-corrected chi connectivity index (χ1v) is 13.3. The van der Waals surface area contributed by atoms with E-state index in [1.807, 2.05) is 18.2 Å². The van der Waals surface area contributed by atoms with Crippen LogP contribution in [0, 0.1) is 30.1 Å². The van der Waals surface area contributed by atoms with Gasteiger partial charge >= 0.3 is 11.9 Å². The second-order valence-electron chi connectivity index (χ2n) is 11.8. The summed E-state index contributed by atoms with van der Waals surface area (Å²) < 4.78 is 17.6. The van der Waals surface area contributed by atoms with Crippen LogP contribution in [0.4, 0.5) is 0 Å². The van der Waals surface area contributed by atoms with Gasteiger partial charge in [0, 0.05) is 16.9 Å². The second kappa shape index (κ2) is 8.96. The predicted octanol–water partition coefficient (Wildman–Crippen LogP) is 3.46. The van der Waals surface area contributed by atoms with Gasteiger partial charge in [-0.1, -0.05) is 56.7 Å². The minimum atomic E-state index is -1.25. The Morgan fingerprint density at radius 1 is 1.25 bits per heavy atom. The van der Waals surface area contributed by atoms with E-state index in [0.29, 0.717) is 19.4 Å². The minimum absolute atomic E-state index is 0.0195. The average molecular weight is 498 g/mol. The third kappa shape index (κ3) is 3.57. The van der Waals surface area contributed by atoms with E-state index >= 15 is 0 Å². The number of benzene rings is 1. The van der Waals surface area contributed by atoms with Crippen LogP contribution in [-0.4, -0.2) is 53.6 Å².